The van der Waals surface area contributed by atoms with E-state index in [9.17, 15) is 13.2 Å². The Bertz CT molecular complexity index is 503. The molecule has 2 aromatic rings. The minimum absolute atomic E-state index is 0. The predicted octanol–water partition coefficient (Wildman–Crippen LogP) is -1.75. The number of aromatic nitrogens is 2. The van der Waals surface area contributed by atoms with Gasteiger partial charge in [0.2, 0.25) is 5.95 Å². The summed E-state index contributed by atoms with van der Waals surface area (Å²) in [4.78, 5) is -0.432. The Morgan fingerprint density at radius 2 is 1.94 bits per heavy atom. The fourth-order valence-corrected chi connectivity index (χ4v) is 1.54. The van der Waals surface area contributed by atoms with Crippen molar-refractivity contribution >= 4 is 11.1 Å². The molecule has 0 aliphatic carbocycles. The Morgan fingerprint density at radius 3 is 2.44 bits per heavy atom. The molecule has 1 aromatic carbocycles. The van der Waals surface area contributed by atoms with Crippen LogP contribution in [0.1, 0.15) is 0 Å². The average molecular weight is 248 g/mol. The van der Waals surface area contributed by atoms with Crippen LogP contribution in [0.4, 0.5) is 4.39 Å². The van der Waals surface area contributed by atoms with Crippen LogP contribution in [-0.4, -0.2) is 18.5 Å². The van der Waals surface area contributed by atoms with Gasteiger partial charge < -0.3 is 4.55 Å². The molecular formula is C9H6FN2NaO2S. The van der Waals surface area contributed by atoms with Gasteiger partial charge >= 0.3 is 29.6 Å². The second-order valence-electron chi connectivity index (χ2n) is 2.78. The number of nitrogens with zero attached hydrogens (tertiary/aromatic N) is 2. The standard InChI is InChI=1S/C9H7FN2O2S.Na/c10-9-8(15(13)14)6-11-12(9)7-4-2-1-3-5-7;/h1-6H,(H,13,14);/q;+1/p-1. The van der Waals surface area contributed by atoms with Crippen LogP contribution in [0.25, 0.3) is 5.69 Å². The number of benzene rings is 1. The second kappa shape index (κ2) is 5.70. The van der Waals surface area contributed by atoms with Crippen molar-refractivity contribution in [3.63, 3.8) is 0 Å². The van der Waals surface area contributed by atoms with E-state index in [-0.39, 0.29) is 29.6 Å². The Balaban J connectivity index is 0.00000128. The molecule has 16 heavy (non-hydrogen) atoms. The molecule has 0 spiro atoms. The van der Waals surface area contributed by atoms with Crippen molar-refractivity contribution in [1.82, 2.24) is 9.78 Å². The van der Waals surface area contributed by atoms with Crippen molar-refractivity contribution in [3.05, 3.63) is 42.5 Å². The van der Waals surface area contributed by atoms with Gasteiger partial charge in [-0.1, -0.05) is 18.2 Å². The normalized spacial score (nSPS) is 11.9. The third-order valence-electron chi connectivity index (χ3n) is 1.86. The first-order valence-electron chi connectivity index (χ1n) is 4.08. The molecule has 1 atom stereocenters. The zero-order valence-corrected chi connectivity index (χ0v) is 11.3. The van der Waals surface area contributed by atoms with Crippen LogP contribution in [0.15, 0.2) is 41.4 Å². The minimum Gasteiger partial charge on any atom is -0.768 e. The van der Waals surface area contributed by atoms with Crippen LogP contribution in [0.3, 0.4) is 0 Å². The minimum atomic E-state index is -2.60. The molecule has 0 bridgehead atoms. The van der Waals surface area contributed by atoms with Gasteiger partial charge in [-0.25, -0.2) is 4.68 Å². The Kier molecular flexibility index (Phi) is 4.82. The maximum atomic E-state index is 13.5. The van der Waals surface area contributed by atoms with E-state index in [0.717, 1.165) is 10.9 Å². The molecule has 0 N–H and O–H groups in total. The van der Waals surface area contributed by atoms with Gasteiger partial charge in [-0.15, -0.1) is 0 Å². The summed E-state index contributed by atoms with van der Waals surface area (Å²) in [7, 11) is 0. The molecule has 0 aliphatic heterocycles. The number of rotatable bonds is 2. The average Bonchev–Trinajstić information content (AvgIpc) is 2.61. The summed E-state index contributed by atoms with van der Waals surface area (Å²) in [6.07, 6.45) is 0.978. The molecule has 0 aliphatic rings. The summed E-state index contributed by atoms with van der Waals surface area (Å²) in [6, 6.07) is 8.47. The molecule has 0 saturated carbocycles. The molecule has 4 nitrogen and oxygen atoms in total. The van der Waals surface area contributed by atoms with E-state index in [4.69, 9.17) is 0 Å². The molecule has 1 heterocycles. The summed E-state index contributed by atoms with van der Waals surface area (Å²) in [5.74, 6) is -0.880. The molecule has 0 radical (unpaired) electrons. The maximum absolute atomic E-state index is 13.5. The van der Waals surface area contributed by atoms with Crippen LogP contribution in [0.2, 0.25) is 0 Å². The molecule has 0 fully saturated rings. The van der Waals surface area contributed by atoms with Crippen LogP contribution < -0.4 is 29.6 Å². The first-order chi connectivity index (χ1) is 7.20. The summed E-state index contributed by atoms with van der Waals surface area (Å²) < 4.78 is 35.6. The molecule has 0 amide bonds. The molecule has 78 valence electrons. The van der Waals surface area contributed by atoms with Gasteiger partial charge in [0.15, 0.2) is 0 Å². The van der Waals surface area contributed by atoms with Crippen molar-refractivity contribution in [1.29, 1.82) is 0 Å². The van der Waals surface area contributed by atoms with Gasteiger partial charge in [0.05, 0.1) is 11.9 Å². The Morgan fingerprint density at radius 1 is 1.31 bits per heavy atom. The van der Waals surface area contributed by atoms with Crippen molar-refractivity contribution < 1.29 is 42.7 Å². The van der Waals surface area contributed by atoms with E-state index in [0.29, 0.717) is 5.69 Å². The largest absolute Gasteiger partial charge is 1.00 e. The third kappa shape index (κ3) is 2.58. The fraction of sp³-hybridized carbons (Fsp3) is 0. The van der Waals surface area contributed by atoms with E-state index in [1.54, 1.807) is 30.3 Å². The van der Waals surface area contributed by atoms with Crippen molar-refractivity contribution in [2.45, 2.75) is 4.90 Å². The van der Waals surface area contributed by atoms with Crippen molar-refractivity contribution in [2.75, 3.05) is 0 Å². The van der Waals surface area contributed by atoms with E-state index in [2.05, 4.69) is 5.10 Å². The summed E-state index contributed by atoms with van der Waals surface area (Å²) in [5, 5.41) is 3.66. The second-order valence-corrected chi connectivity index (χ2v) is 3.69. The smallest absolute Gasteiger partial charge is 0.768 e. The topological polar surface area (TPSA) is 57.9 Å². The number of hydrogen-bond donors (Lipinski definition) is 0. The van der Waals surface area contributed by atoms with Crippen LogP contribution in [-0.2, 0) is 11.1 Å². The first kappa shape index (κ1) is 13.5. The predicted molar refractivity (Wildman–Crippen MR) is 50.7 cm³/mol. The zero-order chi connectivity index (χ0) is 10.8. The molecule has 1 unspecified atom stereocenters. The van der Waals surface area contributed by atoms with Crippen molar-refractivity contribution in [3.8, 4) is 5.69 Å². The van der Waals surface area contributed by atoms with E-state index in [1.165, 1.54) is 0 Å². The fourth-order valence-electron chi connectivity index (χ4n) is 1.18. The Labute approximate surface area is 116 Å². The number of para-hydroxylation sites is 1. The summed E-state index contributed by atoms with van der Waals surface area (Å²) in [6.45, 7) is 0. The van der Waals surface area contributed by atoms with Gasteiger partial charge in [0, 0.05) is 0 Å². The molecule has 0 saturated heterocycles. The number of hydrogen-bond acceptors (Lipinski definition) is 3. The van der Waals surface area contributed by atoms with Gasteiger partial charge in [-0.2, -0.15) is 9.49 Å². The van der Waals surface area contributed by atoms with Gasteiger partial charge in [-0.3, -0.25) is 4.21 Å². The van der Waals surface area contributed by atoms with Crippen molar-refractivity contribution in [2.24, 2.45) is 0 Å². The molecule has 2 rings (SSSR count). The van der Waals surface area contributed by atoms with Gasteiger partial charge in [0.25, 0.3) is 0 Å². The quantitative estimate of drug-likeness (QED) is 0.468. The Hall–Kier alpha value is -0.530. The SMILES string of the molecule is O=S([O-])c1cnn(-c2ccccc2)c1F.[Na+]. The van der Waals surface area contributed by atoms with E-state index in [1.807, 2.05) is 0 Å². The molecular weight excluding hydrogens is 242 g/mol. The summed E-state index contributed by atoms with van der Waals surface area (Å²) in [5.41, 5.74) is 0.478. The molecule has 7 heteroatoms. The van der Waals surface area contributed by atoms with Crippen LogP contribution >= 0.6 is 0 Å². The van der Waals surface area contributed by atoms with E-state index < -0.39 is 21.9 Å². The molecule has 1 aromatic heterocycles. The zero-order valence-electron chi connectivity index (χ0n) is 8.46. The van der Waals surface area contributed by atoms with Gasteiger partial charge in [-0.05, 0) is 23.2 Å². The maximum Gasteiger partial charge on any atom is 1.00 e. The first-order valence-corrected chi connectivity index (χ1v) is 5.16. The third-order valence-corrected chi connectivity index (χ3v) is 2.49. The van der Waals surface area contributed by atoms with Crippen LogP contribution in [0.5, 0.6) is 0 Å². The van der Waals surface area contributed by atoms with Gasteiger partial charge in [0.1, 0.15) is 4.90 Å². The monoisotopic (exact) mass is 248 g/mol. The van der Waals surface area contributed by atoms with Crippen LogP contribution in [0, 0.1) is 5.95 Å². The summed E-state index contributed by atoms with van der Waals surface area (Å²) >= 11 is -2.60. The van der Waals surface area contributed by atoms with E-state index >= 15 is 0 Å². The number of halogens is 1.